The summed E-state index contributed by atoms with van der Waals surface area (Å²) < 4.78 is 157. The molecule has 111 heavy (non-hydrogen) atoms. The Hall–Kier alpha value is -13.2. The van der Waals surface area contributed by atoms with Crippen molar-refractivity contribution in [2.45, 2.75) is 63.2 Å². The first kappa shape index (κ1) is 49.0. The molecule has 0 saturated carbocycles. The summed E-state index contributed by atoms with van der Waals surface area (Å²) >= 11 is 0. The van der Waals surface area contributed by atoms with E-state index in [9.17, 15) is 21.9 Å². The number of aromatic nitrogens is 2. The van der Waals surface area contributed by atoms with Gasteiger partial charge < -0.3 is 18.9 Å². The number of nitrogens with zero attached hydrogens (tertiary/aromatic N) is 4. The van der Waals surface area contributed by atoms with E-state index in [1.165, 1.54) is 0 Å². The van der Waals surface area contributed by atoms with Gasteiger partial charge in [0.1, 0.15) is 0 Å². The molecule has 6 aliphatic rings. The fourth-order valence-corrected chi connectivity index (χ4v) is 20.6. The molecule has 0 saturated heterocycles. The minimum atomic E-state index is -0.988. The first-order valence-electron chi connectivity index (χ1n) is 46.1. The van der Waals surface area contributed by atoms with Crippen molar-refractivity contribution < 1.29 is 21.9 Å². The van der Waals surface area contributed by atoms with Crippen molar-refractivity contribution in [2.24, 2.45) is 0 Å². The number of fused-ring (bicyclic) bond motifs is 30. The molecule has 522 valence electrons. The zero-order valence-electron chi connectivity index (χ0n) is 77.5. The molecule has 0 N–H and O–H groups in total. The molecule has 5 heteroatoms. The van der Waals surface area contributed by atoms with Gasteiger partial charge in [-0.3, -0.25) is 0 Å². The Labute approximate surface area is 669 Å². The largest absolute Gasteiger partial charge is 0.311 e. The second-order valence-electron chi connectivity index (χ2n) is 32.6. The zero-order valence-corrected chi connectivity index (χ0v) is 61.5. The standard InChI is InChI=1S/C106H75BN4/c1-103(2,3)66-57-64(58-67(61-66)104(4,5)6)65-59-98-102-99(60-65)111(95-52-28-40-81-75-34-12-22-46-87(75)106(101(81)95)84-43-19-9-31-72(84)73-32-10-20-44-85(73)106)97-63-69(109-92-49-25-15-37-78(92)79-38-16-26-50-93(79)109)54-56-89(97)107(102)88-55-53-68(108-90-47-23-13-35-76(90)77-36-14-24-48-91(77)108)62-96(88)110(98)94-51-27-39-80-74-33-11-21-45-86(74)105(100(80)94)82-41-17-7-29-70(82)71-30-8-18-42-83(71)105/h7-63H,1-6H3/i13D,14D,15D,16D,23D,24D,25D,26D,35D,36D,37D,38D,47D,48D,49D,50D. The van der Waals surface area contributed by atoms with Gasteiger partial charge in [-0.25, -0.2) is 0 Å². The Kier molecular flexibility index (Phi) is 9.81. The van der Waals surface area contributed by atoms with Gasteiger partial charge in [0.25, 0.3) is 6.71 Å². The van der Waals surface area contributed by atoms with E-state index in [0.29, 0.717) is 22.7 Å². The third kappa shape index (κ3) is 8.14. The molecule has 18 aromatic rings. The van der Waals surface area contributed by atoms with Crippen molar-refractivity contribution in [1.82, 2.24) is 9.13 Å². The second-order valence-corrected chi connectivity index (χ2v) is 32.6. The smallest absolute Gasteiger partial charge is 0.252 e. The van der Waals surface area contributed by atoms with Crippen LogP contribution in [0.1, 0.15) is 119 Å². The monoisotopic (exact) mass is 1430 g/mol. The van der Waals surface area contributed by atoms with Crippen LogP contribution in [0.5, 0.6) is 0 Å². The number of benzene rings is 16. The maximum Gasteiger partial charge on any atom is 0.252 e. The van der Waals surface area contributed by atoms with Crippen LogP contribution in [0.4, 0.5) is 34.1 Å². The van der Waals surface area contributed by atoms with E-state index in [1.807, 2.05) is 24.3 Å². The van der Waals surface area contributed by atoms with E-state index < -0.39 is 114 Å². The van der Waals surface area contributed by atoms with Gasteiger partial charge in [0.05, 0.1) is 66.2 Å². The molecule has 4 heterocycles. The van der Waals surface area contributed by atoms with Gasteiger partial charge in [-0.1, -0.05) is 314 Å². The van der Waals surface area contributed by atoms with Gasteiger partial charge in [-0.2, -0.15) is 0 Å². The number of hydrogen-bond acceptors (Lipinski definition) is 2. The van der Waals surface area contributed by atoms with Gasteiger partial charge in [-0.15, -0.1) is 0 Å². The SMILES string of the molecule is [2H]c1c([2H])c([2H])c2c(c1[2H])c1c([2H])c([2H])c([2H])c([2H])c1n2-c1ccc2c(c1)N(c1cccc3c1C1(c4ccccc4-c4ccccc41)c1ccccc1-3)c1cc(-c3cc(C(C)(C)C)cc(C(C)(C)C)c3)cc3c1B2c1ccc(-n2c4c([2H])c([2H])c([2H])c([2H])c4c4c([2H])c([2H])c([2H])c([2H])c42)cc1N3c1cccc2c1C1(c3ccccc3-c3ccccc31)c1ccccc1-2. The molecule has 0 amide bonds. The molecule has 0 unspecified atom stereocenters. The van der Waals surface area contributed by atoms with Crippen molar-refractivity contribution in [2.75, 3.05) is 9.80 Å². The van der Waals surface area contributed by atoms with E-state index in [0.717, 1.165) is 150 Å². The lowest BCUT2D eigenvalue weighted by molar-refractivity contribution is 0.569. The second kappa shape index (κ2) is 22.2. The van der Waals surface area contributed by atoms with E-state index in [-0.39, 0.29) is 54.4 Å². The van der Waals surface area contributed by atoms with Crippen LogP contribution in [0.3, 0.4) is 0 Å². The maximum absolute atomic E-state index is 10.0. The van der Waals surface area contributed by atoms with Crippen LogP contribution in [0.15, 0.2) is 345 Å². The van der Waals surface area contributed by atoms with Crippen molar-refractivity contribution in [3.8, 4) is 67.0 Å². The molecule has 4 nitrogen and oxygen atoms in total. The Morgan fingerprint density at radius 3 is 0.910 bits per heavy atom. The molecule has 4 aliphatic carbocycles. The highest BCUT2D eigenvalue weighted by atomic mass is 15.2. The molecule has 2 spiro atoms. The molecule has 0 fully saturated rings. The first-order valence-corrected chi connectivity index (χ1v) is 38.1. The summed E-state index contributed by atoms with van der Waals surface area (Å²) in [6.07, 6.45) is 0. The Bertz CT molecular complexity index is 7440. The van der Waals surface area contributed by atoms with E-state index in [2.05, 4.69) is 276 Å². The van der Waals surface area contributed by atoms with Crippen LogP contribution in [-0.4, -0.2) is 15.8 Å². The molecule has 16 aromatic carbocycles. The molecule has 24 rings (SSSR count). The van der Waals surface area contributed by atoms with Crippen LogP contribution in [0.25, 0.3) is 111 Å². The van der Waals surface area contributed by atoms with Gasteiger partial charge in [0, 0.05) is 66.8 Å². The normalized spacial score (nSPS) is 16.5. The van der Waals surface area contributed by atoms with Crippen LogP contribution in [-0.2, 0) is 21.7 Å². The summed E-state index contributed by atoms with van der Waals surface area (Å²) in [6.45, 7) is 12.6. The predicted molar refractivity (Wildman–Crippen MR) is 465 cm³/mol. The van der Waals surface area contributed by atoms with Crippen LogP contribution in [0, 0.1) is 0 Å². The average molecular weight is 1430 g/mol. The van der Waals surface area contributed by atoms with Crippen LogP contribution in [0.2, 0.25) is 0 Å². The zero-order chi connectivity index (χ0) is 87.6. The topological polar surface area (TPSA) is 16.3 Å². The Morgan fingerprint density at radius 1 is 0.279 bits per heavy atom. The van der Waals surface area contributed by atoms with E-state index in [1.54, 1.807) is 9.13 Å². The van der Waals surface area contributed by atoms with Crippen molar-refractivity contribution >= 4 is 101 Å². The number of anilines is 6. The lowest BCUT2D eigenvalue weighted by atomic mass is 9.33. The first-order chi connectivity index (χ1) is 61.0. The summed E-state index contributed by atoms with van der Waals surface area (Å²) in [4.78, 5) is 4.80. The van der Waals surface area contributed by atoms with Gasteiger partial charge >= 0.3 is 0 Å². The van der Waals surface area contributed by atoms with Crippen molar-refractivity contribution in [1.29, 1.82) is 0 Å². The number of para-hydroxylation sites is 4. The van der Waals surface area contributed by atoms with Gasteiger partial charge in [0.15, 0.2) is 0 Å². The predicted octanol–water partition coefficient (Wildman–Crippen LogP) is 24.9. The summed E-state index contributed by atoms with van der Waals surface area (Å²) in [5, 5.41) is -0.271. The molecule has 2 aliphatic heterocycles. The highest BCUT2D eigenvalue weighted by Crippen LogP contribution is 2.68. The summed E-state index contributed by atoms with van der Waals surface area (Å²) in [5.41, 5.74) is 25.3. The minimum absolute atomic E-state index is 0.0448. The lowest BCUT2D eigenvalue weighted by Crippen LogP contribution is -2.61. The maximum atomic E-state index is 10.0. The molecule has 0 bridgehead atoms. The summed E-state index contributed by atoms with van der Waals surface area (Å²) in [7, 11) is 0. The van der Waals surface area contributed by atoms with Gasteiger partial charge in [0.2, 0.25) is 0 Å². The molecule has 0 radical (unpaired) electrons. The Morgan fingerprint density at radius 2 is 0.577 bits per heavy atom. The van der Waals surface area contributed by atoms with Crippen LogP contribution >= 0.6 is 0 Å². The number of hydrogen-bond donors (Lipinski definition) is 0. The fourth-order valence-electron chi connectivity index (χ4n) is 20.6. The third-order valence-corrected chi connectivity index (χ3v) is 25.1. The van der Waals surface area contributed by atoms with Crippen molar-refractivity contribution in [3.63, 3.8) is 0 Å². The molecule has 2 aromatic heterocycles. The quantitative estimate of drug-likeness (QED) is 0.160. The summed E-state index contributed by atoms with van der Waals surface area (Å²) in [6, 6.07) is 80.8. The van der Waals surface area contributed by atoms with Crippen LogP contribution < -0.4 is 26.2 Å². The van der Waals surface area contributed by atoms with Crippen molar-refractivity contribution in [3.05, 3.63) is 401 Å². The third-order valence-electron chi connectivity index (χ3n) is 25.1. The van der Waals surface area contributed by atoms with E-state index >= 15 is 0 Å². The molecular weight excluding hydrogens is 1340 g/mol. The molecule has 0 atom stereocenters. The number of rotatable bonds is 5. The Balaban J connectivity index is 0.913. The minimum Gasteiger partial charge on any atom is -0.311 e. The molecular formula is C106H75BN4. The lowest BCUT2D eigenvalue weighted by Gasteiger charge is -2.46. The average Bonchev–Trinajstić information content (AvgIpc) is 1.53. The summed E-state index contributed by atoms with van der Waals surface area (Å²) in [5.74, 6) is 0. The van der Waals surface area contributed by atoms with E-state index in [4.69, 9.17) is 0 Å². The highest BCUT2D eigenvalue weighted by molar-refractivity contribution is 7.00. The highest BCUT2D eigenvalue weighted by Gasteiger charge is 2.57. The fraction of sp³-hybridized carbons (Fsp3) is 0.0943. The van der Waals surface area contributed by atoms with Gasteiger partial charge in [-0.05, 0) is 200 Å².